The number of rotatable bonds is 4. The van der Waals surface area contributed by atoms with Crippen molar-refractivity contribution in [3.05, 3.63) is 47.8 Å². The minimum atomic E-state index is -0.320. The van der Waals surface area contributed by atoms with E-state index in [1.165, 1.54) is 6.20 Å². The Morgan fingerprint density at radius 3 is 2.93 bits per heavy atom. The van der Waals surface area contributed by atoms with E-state index < -0.39 is 0 Å². The van der Waals surface area contributed by atoms with Gasteiger partial charge in [-0.05, 0) is 49.9 Å². The second kappa shape index (κ2) is 7.89. The van der Waals surface area contributed by atoms with Crippen LogP contribution in [0.4, 0.5) is 5.69 Å². The van der Waals surface area contributed by atoms with Crippen molar-refractivity contribution in [1.29, 1.82) is 5.26 Å². The van der Waals surface area contributed by atoms with Crippen molar-refractivity contribution in [2.24, 2.45) is 0 Å². The highest BCUT2D eigenvalue weighted by molar-refractivity contribution is 5.99. The molecule has 3 N–H and O–H groups in total. The number of aliphatic hydroxyl groups is 1. The summed E-state index contributed by atoms with van der Waals surface area (Å²) in [6, 6.07) is 9.55. The molecule has 0 aromatic carbocycles. The van der Waals surface area contributed by atoms with Crippen molar-refractivity contribution in [3.63, 3.8) is 0 Å². The van der Waals surface area contributed by atoms with E-state index in [1.54, 1.807) is 23.8 Å². The topological polar surface area (TPSA) is 115 Å². The molecular formula is C21H22N6O2. The summed E-state index contributed by atoms with van der Waals surface area (Å²) in [4.78, 5) is 16.8. The fourth-order valence-electron chi connectivity index (χ4n) is 3.80. The molecule has 148 valence electrons. The van der Waals surface area contributed by atoms with Gasteiger partial charge in [0.2, 0.25) is 0 Å². The van der Waals surface area contributed by atoms with Crippen LogP contribution in [0.1, 0.15) is 41.6 Å². The fourth-order valence-corrected chi connectivity index (χ4v) is 3.80. The molecule has 8 heteroatoms. The zero-order chi connectivity index (χ0) is 20.4. The Hall–Kier alpha value is -3.44. The molecule has 3 aromatic rings. The summed E-state index contributed by atoms with van der Waals surface area (Å²) in [5.74, 6) is -0.222. The number of aliphatic hydroxyl groups excluding tert-OH is 1. The number of fused-ring (bicyclic) bond motifs is 1. The summed E-state index contributed by atoms with van der Waals surface area (Å²) in [6.45, 7) is 0. The molecule has 1 amide bonds. The third kappa shape index (κ3) is 3.77. The smallest absolute Gasteiger partial charge is 0.254 e. The zero-order valence-corrected chi connectivity index (χ0v) is 16.1. The SMILES string of the molecule is CNC(=O)c1cnc(-c2ccc3cc(C#N)cnn23)cc1N[C@H]1CCC[C@@H](O)C1. The second-order valence-electron chi connectivity index (χ2n) is 7.27. The number of amides is 1. The Labute approximate surface area is 168 Å². The maximum Gasteiger partial charge on any atom is 0.254 e. The average molecular weight is 390 g/mol. The number of nitriles is 1. The van der Waals surface area contributed by atoms with Crippen LogP contribution in [0.2, 0.25) is 0 Å². The first kappa shape index (κ1) is 18.9. The van der Waals surface area contributed by atoms with Crippen LogP contribution in [-0.4, -0.2) is 44.8 Å². The molecule has 0 spiro atoms. The Bertz CT molecular complexity index is 1100. The lowest BCUT2D eigenvalue weighted by atomic mass is 9.92. The summed E-state index contributed by atoms with van der Waals surface area (Å²) in [7, 11) is 1.58. The summed E-state index contributed by atoms with van der Waals surface area (Å²) < 4.78 is 1.72. The van der Waals surface area contributed by atoms with Crippen LogP contribution in [0, 0.1) is 11.3 Å². The summed E-state index contributed by atoms with van der Waals surface area (Å²) in [5, 5.41) is 29.5. The maximum absolute atomic E-state index is 12.3. The van der Waals surface area contributed by atoms with E-state index in [0.717, 1.165) is 30.5 Å². The van der Waals surface area contributed by atoms with E-state index in [4.69, 9.17) is 5.26 Å². The molecule has 0 unspecified atom stereocenters. The van der Waals surface area contributed by atoms with Gasteiger partial charge in [0.05, 0.1) is 46.0 Å². The van der Waals surface area contributed by atoms with E-state index in [-0.39, 0.29) is 18.1 Å². The number of anilines is 1. The Kier molecular flexibility index (Phi) is 5.14. The first-order valence-corrected chi connectivity index (χ1v) is 9.64. The van der Waals surface area contributed by atoms with Gasteiger partial charge in [0.1, 0.15) is 6.07 Å². The van der Waals surface area contributed by atoms with Crippen LogP contribution in [-0.2, 0) is 0 Å². The number of hydrogen-bond acceptors (Lipinski definition) is 6. The van der Waals surface area contributed by atoms with Gasteiger partial charge in [0, 0.05) is 19.3 Å². The van der Waals surface area contributed by atoms with Gasteiger partial charge in [0.15, 0.2) is 0 Å². The summed E-state index contributed by atoms with van der Waals surface area (Å²) in [5.41, 5.74) is 3.84. The number of pyridine rings is 1. The lowest BCUT2D eigenvalue weighted by molar-refractivity contribution is 0.0963. The highest BCUT2D eigenvalue weighted by Gasteiger charge is 2.22. The number of carbonyl (C=O) groups excluding carboxylic acids is 1. The number of nitrogens with zero attached hydrogens (tertiary/aromatic N) is 4. The van der Waals surface area contributed by atoms with Crippen LogP contribution < -0.4 is 10.6 Å². The Morgan fingerprint density at radius 2 is 2.17 bits per heavy atom. The summed E-state index contributed by atoms with van der Waals surface area (Å²) >= 11 is 0. The summed E-state index contributed by atoms with van der Waals surface area (Å²) in [6.07, 6.45) is 6.09. The van der Waals surface area contributed by atoms with Crippen molar-refractivity contribution in [2.45, 2.75) is 37.8 Å². The monoisotopic (exact) mass is 390 g/mol. The predicted molar refractivity (Wildman–Crippen MR) is 108 cm³/mol. The van der Waals surface area contributed by atoms with Crippen molar-refractivity contribution >= 4 is 17.1 Å². The Balaban J connectivity index is 1.73. The van der Waals surface area contributed by atoms with Crippen LogP contribution in [0.5, 0.6) is 0 Å². The molecule has 1 aliphatic carbocycles. The average Bonchev–Trinajstić information content (AvgIpc) is 3.16. The van der Waals surface area contributed by atoms with Gasteiger partial charge in [-0.3, -0.25) is 9.78 Å². The first-order valence-electron chi connectivity index (χ1n) is 9.64. The van der Waals surface area contributed by atoms with Gasteiger partial charge in [-0.1, -0.05) is 0 Å². The number of nitrogens with one attached hydrogen (secondary N) is 2. The highest BCUT2D eigenvalue weighted by atomic mass is 16.3. The van der Waals surface area contributed by atoms with Crippen molar-refractivity contribution < 1.29 is 9.90 Å². The molecule has 0 radical (unpaired) electrons. The molecule has 4 rings (SSSR count). The second-order valence-corrected chi connectivity index (χ2v) is 7.27. The molecule has 1 saturated carbocycles. The van der Waals surface area contributed by atoms with Crippen LogP contribution in [0.3, 0.4) is 0 Å². The van der Waals surface area contributed by atoms with Crippen molar-refractivity contribution in [2.75, 3.05) is 12.4 Å². The first-order chi connectivity index (χ1) is 14.1. The van der Waals surface area contributed by atoms with Crippen LogP contribution in [0.15, 0.2) is 36.7 Å². The van der Waals surface area contributed by atoms with E-state index >= 15 is 0 Å². The standard InChI is InChI=1S/C21H22N6O2/c1-23-21(29)17-12-24-19(9-18(17)26-14-3-2-4-16(28)8-14)20-6-5-15-7-13(10-22)11-25-27(15)20/h5-7,9,11-12,14,16,28H,2-4,8H2,1H3,(H,23,29)(H,24,26)/t14-,16+/m0/s1. The highest BCUT2D eigenvalue weighted by Crippen LogP contribution is 2.28. The van der Waals surface area contributed by atoms with E-state index in [9.17, 15) is 9.90 Å². The third-order valence-corrected chi connectivity index (χ3v) is 5.27. The van der Waals surface area contributed by atoms with E-state index in [0.29, 0.717) is 28.9 Å². The minimum Gasteiger partial charge on any atom is -0.393 e. The van der Waals surface area contributed by atoms with Crippen LogP contribution in [0.25, 0.3) is 16.9 Å². The molecular weight excluding hydrogens is 368 g/mol. The van der Waals surface area contributed by atoms with Gasteiger partial charge in [-0.2, -0.15) is 10.4 Å². The lowest BCUT2D eigenvalue weighted by Crippen LogP contribution is -2.31. The molecule has 0 saturated heterocycles. The number of carbonyl (C=O) groups is 1. The number of aromatic nitrogens is 3. The molecule has 3 aromatic heterocycles. The van der Waals surface area contributed by atoms with E-state index in [1.807, 2.05) is 18.2 Å². The molecule has 3 heterocycles. The van der Waals surface area contributed by atoms with Gasteiger partial charge in [-0.25, -0.2) is 4.52 Å². The van der Waals surface area contributed by atoms with Crippen LogP contribution >= 0.6 is 0 Å². The lowest BCUT2D eigenvalue weighted by Gasteiger charge is -2.28. The molecule has 8 nitrogen and oxygen atoms in total. The Morgan fingerprint density at radius 1 is 1.31 bits per heavy atom. The largest absolute Gasteiger partial charge is 0.393 e. The van der Waals surface area contributed by atoms with Gasteiger partial charge < -0.3 is 15.7 Å². The van der Waals surface area contributed by atoms with Crippen molar-refractivity contribution in [3.8, 4) is 17.5 Å². The molecule has 1 fully saturated rings. The fraction of sp³-hybridized carbons (Fsp3) is 0.333. The zero-order valence-electron chi connectivity index (χ0n) is 16.1. The molecule has 2 atom stereocenters. The molecule has 0 bridgehead atoms. The van der Waals surface area contributed by atoms with Crippen molar-refractivity contribution in [1.82, 2.24) is 19.9 Å². The number of hydrogen-bond donors (Lipinski definition) is 3. The van der Waals surface area contributed by atoms with Gasteiger partial charge in [-0.15, -0.1) is 0 Å². The predicted octanol–water partition coefficient (Wildman–Crippen LogP) is 2.34. The molecule has 1 aliphatic rings. The van der Waals surface area contributed by atoms with Gasteiger partial charge in [0.25, 0.3) is 5.91 Å². The third-order valence-electron chi connectivity index (χ3n) is 5.27. The molecule has 0 aliphatic heterocycles. The maximum atomic E-state index is 12.3. The normalized spacial score (nSPS) is 18.9. The quantitative estimate of drug-likeness (QED) is 0.630. The van der Waals surface area contributed by atoms with E-state index in [2.05, 4.69) is 26.8 Å². The van der Waals surface area contributed by atoms with Gasteiger partial charge >= 0.3 is 0 Å². The molecule has 29 heavy (non-hydrogen) atoms. The minimum absolute atomic E-state index is 0.0952.